The van der Waals surface area contributed by atoms with Crippen LogP contribution in [0.2, 0.25) is 0 Å². The van der Waals surface area contributed by atoms with E-state index in [2.05, 4.69) is 0 Å². The van der Waals surface area contributed by atoms with Crippen LogP contribution >= 0.6 is 0 Å². The fraction of sp³-hybridized carbons (Fsp3) is 0.500. The van der Waals surface area contributed by atoms with Crippen LogP contribution < -0.4 is 9.64 Å². The molecule has 124 valence electrons. The number of hydrogen-bond acceptors (Lipinski definition) is 5. The summed E-state index contributed by atoms with van der Waals surface area (Å²) in [6.07, 6.45) is 0. The predicted octanol–water partition coefficient (Wildman–Crippen LogP) is 2.32. The molecule has 23 heavy (non-hydrogen) atoms. The lowest BCUT2D eigenvalue weighted by atomic mass is 9.83. The maximum absolute atomic E-state index is 14.0. The highest BCUT2D eigenvalue weighted by Gasteiger charge is 2.48. The summed E-state index contributed by atoms with van der Waals surface area (Å²) in [5.41, 5.74) is 0.183. The third kappa shape index (κ3) is 2.17. The molecule has 1 aromatic rings. The third-order valence-electron chi connectivity index (χ3n) is 4.36. The Balaban J connectivity index is 2.20. The van der Waals surface area contributed by atoms with Gasteiger partial charge in [0.25, 0.3) is 0 Å². The topological polar surface area (TPSA) is 55.8 Å². The van der Waals surface area contributed by atoms with Crippen molar-refractivity contribution < 1.29 is 27.8 Å². The summed E-state index contributed by atoms with van der Waals surface area (Å²) in [6.45, 7) is 5.47. The first-order valence-electron chi connectivity index (χ1n) is 7.52. The Kier molecular flexibility index (Phi) is 3.74. The number of hydrogen-bond donors (Lipinski definition) is 0. The van der Waals surface area contributed by atoms with Gasteiger partial charge in [0.2, 0.25) is 5.82 Å². The molecule has 0 radical (unpaired) electrons. The molecule has 2 aliphatic heterocycles. The highest BCUT2D eigenvalue weighted by atomic mass is 19.2. The van der Waals surface area contributed by atoms with Gasteiger partial charge >= 0.3 is 5.97 Å². The molecule has 7 heteroatoms. The van der Waals surface area contributed by atoms with Crippen LogP contribution in [0.4, 0.5) is 14.5 Å². The molecular formula is C16H17F2NO4. The fourth-order valence-electron chi connectivity index (χ4n) is 3.36. The van der Waals surface area contributed by atoms with Crippen LogP contribution in [0.3, 0.4) is 0 Å². The minimum absolute atomic E-state index is 0.0402. The second-order valence-electron chi connectivity index (χ2n) is 5.80. The number of ketones is 1. The van der Waals surface area contributed by atoms with E-state index in [9.17, 15) is 18.4 Å². The predicted molar refractivity (Wildman–Crippen MR) is 77.7 cm³/mol. The van der Waals surface area contributed by atoms with Gasteiger partial charge in [-0.15, -0.1) is 0 Å². The molecule has 0 saturated heterocycles. The number of rotatable bonds is 2. The number of anilines is 1. The van der Waals surface area contributed by atoms with Crippen molar-refractivity contribution in [2.45, 2.75) is 32.9 Å². The lowest BCUT2D eigenvalue weighted by molar-refractivity contribution is -0.146. The molecule has 3 rings (SSSR count). The van der Waals surface area contributed by atoms with Gasteiger partial charge in [-0.25, -0.2) is 4.39 Å². The van der Waals surface area contributed by atoms with E-state index in [0.717, 1.165) is 6.07 Å². The first-order chi connectivity index (χ1) is 10.9. The number of halogens is 2. The monoisotopic (exact) mass is 325 g/mol. The lowest BCUT2D eigenvalue weighted by Gasteiger charge is -2.46. The van der Waals surface area contributed by atoms with Gasteiger partial charge in [-0.2, -0.15) is 4.39 Å². The first-order valence-corrected chi connectivity index (χ1v) is 7.52. The normalized spacial score (nSPS) is 25.7. The van der Waals surface area contributed by atoms with Gasteiger partial charge in [0.15, 0.2) is 17.3 Å². The summed E-state index contributed by atoms with van der Waals surface area (Å²) in [4.78, 5) is 26.6. The van der Waals surface area contributed by atoms with Gasteiger partial charge in [0.05, 0.1) is 18.3 Å². The Morgan fingerprint density at radius 3 is 2.78 bits per heavy atom. The zero-order valence-electron chi connectivity index (χ0n) is 13.1. The number of Topliss-reactive ketones (excluding diaryl/α,β-unsaturated/α-hetero) is 1. The number of nitrogens with zero attached hydrogens (tertiary/aromatic N) is 1. The first kappa shape index (κ1) is 15.7. The number of carbonyl (C=O) groups excluding carboxylic acids is 2. The summed E-state index contributed by atoms with van der Waals surface area (Å²) in [5, 5.41) is 0. The molecule has 0 aliphatic carbocycles. The zero-order valence-corrected chi connectivity index (χ0v) is 13.1. The Bertz CT molecular complexity index is 691. The van der Waals surface area contributed by atoms with E-state index in [0.29, 0.717) is 0 Å². The molecule has 0 amide bonds. The Labute approximate surface area is 132 Å². The maximum atomic E-state index is 14.0. The quantitative estimate of drug-likeness (QED) is 0.617. The summed E-state index contributed by atoms with van der Waals surface area (Å²) >= 11 is 0. The number of ether oxygens (including phenoxy) is 2. The van der Waals surface area contributed by atoms with Gasteiger partial charge in [0, 0.05) is 11.6 Å². The zero-order chi connectivity index (χ0) is 16.9. The average Bonchev–Trinajstić information content (AvgIpc) is 2.49. The molecule has 0 bridgehead atoms. The van der Waals surface area contributed by atoms with Crippen LogP contribution in [0.1, 0.15) is 31.1 Å². The van der Waals surface area contributed by atoms with Crippen LogP contribution in [0.25, 0.3) is 0 Å². The van der Waals surface area contributed by atoms with Gasteiger partial charge < -0.3 is 14.4 Å². The van der Waals surface area contributed by atoms with E-state index in [1.165, 1.54) is 0 Å². The van der Waals surface area contributed by atoms with E-state index < -0.39 is 35.3 Å². The van der Waals surface area contributed by atoms with Crippen LogP contribution in [-0.2, 0) is 9.53 Å². The van der Waals surface area contributed by atoms with Gasteiger partial charge in [-0.05, 0) is 26.8 Å². The molecule has 2 heterocycles. The molecule has 3 unspecified atom stereocenters. The average molecular weight is 325 g/mol. The third-order valence-corrected chi connectivity index (χ3v) is 4.36. The Hall–Kier alpha value is -2.18. The van der Waals surface area contributed by atoms with E-state index >= 15 is 0 Å². The highest BCUT2D eigenvalue weighted by Crippen LogP contribution is 2.46. The maximum Gasteiger partial charge on any atom is 0.318 e. The SMILES string of the molecule is CCOC(=O)C1C(=O)c2cc(F)c(F)c3c2N(C(C)CO3)C1C. The molecule has 2 aliphatic rings. The minimum atomic E-state index is -1.17. The molecule has 0 N–H and O–H groups in total. The van der Waals surface area contributed by atoms with Crippen molar-refractivity contribution in [3.63, 3.8) is 0 Å². The smallest absolute Gasteiger partial charge is 0.318 e. The molecule has 0 spiro atoms. The van der Waals surface area contributed by atoms with E-state index in [1.807, 2.05) is 6.92 Å². The summed E-state index contributed by atoms with van der Waals surface area (Å²) in [6, 6.07) is 0.117. The molecule has 0 saturated carbocycles. The van der Waals surface area contributed by atoms with Gasteiger partial charge in [0.1, 0.15) is 12.5 Å². The van der Waals surface area contributed by atoms with Crippen molar-refractivity contribution in [2.75, 3.05) is 18.1 Å². The second-order valence-corrected chi connectivity index (χ2v) is 5.80. The minimum Gasteiger partial charge on any atom is -0.486 e. The van der Waals surface area contributed by atoms with Crippen LogP contribution in [0.15, 0.2) is 6.07 Å². The van der Waals surface area contributed by atoms with E-state index in [4.69, 9.17) is 9.47 Å². The van der Waals surface area contributed by atoms with Crippen molar-refractivity contribution in [1.29, 1.82) is 0 Å². The molecule has 1 aromatic carbocycles. The van der Waals surface area contributed by atoms with Crippen molar-refractivity contribution >= 4 is 17.4 Å². The highest BCUT2D eigenvalue weighted by molar-refractivity contribution is 6.15. The summed E-state index contributed by atoms with van der Waals surface area (Å²) in [7, 11) is 0. The Morgan fingerprint density at radius 2 is 2.13 bits per heavy atom. The summed E-state index contributed by atoms with van der Waals surface area (Å²) < 4.78 is 38.1. The van der Waals surface area contributed by atoms with Gasteiger partial charge in [-0.1, -0.05) is 0 Å². The van der Waals surface area contributed by atoms with Crippen molar-refractivity contribution in [1.82, 2.24) is 0 Å². The van der Waals surface area contributed by atoms with Crippen molar-refractivity contribution in [2.24, 2.45) is 5.92 Å². The molecule has 3 atom stereocenters. The molecule has 5 nitrogen and oxygen atoms in total. The van der Waals surface area contributed by atoms with E-state index in [-0.39, 0.29) is 36.3 Å². The van der Waals surface area contributed by atoms with Crippen LogP contribution in [0.5, 0.6) is 5.75 Å². The van der Waals surface area contributed by atoms with Crippen LogP contribution in [-0.4, -0.2) is 37.0 Å². The van der Waals surface area contributed by atoms with Gasteiger partial charge in [-0.3, -0.25) is 9.59 Å². The van der Waals surface area contributed by atoms with Crippen LogP contribution in [0, 0.1) is 17.6 Å². The molecular weight excluding hydrogens is 308 g/mol. The largest absolute Gasteiger partial charge is 0.486 e. The molecule has 0 aromatic heterocycles. The standard InChI is InChI=1S/C16H17F2NO4/c1-4-22-16(21)11-8(3)19-7(2)6-23-15-12(18)10(17)5-9(13(15)19)14(11)20/h5,7-8,11H,4,6H2,1-3H3. The number of esters is 1. The van der Waals surface area contributed by atoms with Crippen molar-refractivity contribution in [3.8, 4) is 5.75 Å². The molecule has 0 fully saturated rings. The second kappa shape index (κ2) is 5.47. The Morgan fingerprint density at radius 1 is 1.43 bits per heavy atom. The van der Waals surface area contributed by atoms with E-state index in [1.54, 1.807) is 18.7 Å². The lowest BCUT2D eigenvalue weighted by Crippen LogP contribution is -2.56. The van der Waals surface area contributed by atoms with Crippen molar-refractivity contribution in [3.05, 3.63) is 23.3 Å². The number of benzene rings is 1. The number of carbonyl (C=O) groups is 2. The fourth-order valence-corrected chi connectivity index (χ4v) is 3.36. The summed E-state index contributed by atoms with van der Waals surface area (Å²) in [5.74, 6) is -4.84.